The van der Waals surface area contributed by atoms with Crippen molar-refractivity contribution in [3.63, 3.8) is 0 Å². The van der Waals surface area contributed by atoms with Crippen molar-refractivity contribution in [1.29, 1.82) is 0 Å². The third-order valence-corrected chi connectivity index (χ3v) is 5.70. The molecule has 1 aliphatic heterocycles. The van der Waals surface area contributed by atoms with Gasteiger partial charge in [-0.25, -0.2) is 4.79 Å². The molecule has 2 aliphatic rings. The Kier molecular flexibility index (Phi) is 7.14. The molecule has 7 nitrogen and oxygen atoms in total. The molecular weight excluding hydrogens is 358 g/mol. The number of carbonyl (C=O) groups is 2. The highest BCUT2D eigenvalue weighted by atomic mass is 16.5. The molecule has 0 spiro atoms. The quantitative estimate of drug-likeness (QED) is 0.782. The molecule has 0 radical (unpaired) electrons. The number of carbonyl (C=O) groups excluding carboxylic acids is 2. The van der Waals surface area contributed by atoms with Gasteiger partial charge < -0.3 is 14.8 Å². The van der Waals surface area contributed by atoms with Crippen LogP contribution >= 0.6 is 0 Å². The lowest BCUT2D eigenvalue weighted by molar-refractivity contribution is -0.121. The fourth-order valence-electron chi connectivity index (χ4n) is 4.29. The number of imide groups is 1. The molecular formula is C21H31N3O4. The Hall–Kier alpha value is -2.28. The molecule has 0 bridgehead atoms. The second-order valence-corrected chi connectivity index (χ2v) is 7.59. The normalized spacial score (nSPS) is 20.6. The number of benzene rings is 1. The summed E-state index contributed by atoms with van der Waals surface area (Å²) in [6, 6.07) is 5.59. The summed E-state index contributed by atoms with van der Waals surface area (Å²) in [5, 5.41) is 5.42. The number of urea groups is 1. The van der Waals surface area contributed by atoms with Crippen LogP contribution in [0.2, 0.25) is 0 Å². The summed E-state index contributed by atoms with van der Waals surface area (Å²) in [6.07, 6.45) is 7.41. The first-order valence-electron chi connectivity index (χ1n) is 10.2. The van der Waals surface area contributed by atoms with E-state index < -0.39 is 0 Å². The molecule has 0 aromatic heterocycles. The third-order valence-electron chi connectivity index (χ3n) is 5.70. The fraction of sp³-hybridized carbons (Fsp3) is 0.619. The number of hydrogen-bond donors (Lipinski definition) is 2. The minimum Gasteiger partial charge on any atom is -0.497 e. The van der Waals surface area contributed by atoms with Gasteiger partial charge in [0.2, 0.25) is 5.91 Å². The van der Waals surface area contributed by atoms with Crippen LogP contribution in [0.3, 0.4) is 0 Å². The van der Waals surface area contributed by atoms with E-state index in [1.54, 1.807) is 14.2 Å². The van der Waals surface area contributed by atoms with Gasteiger partial charge in [-0.3, -0.25) is 15.0 Å². The first kappa shape index (κ1) is 20.5. The zero-order valence-electron chi connectivity index (χ0n) is 16.8. The number of hydrogen-bond acceptors (Lipinski definition) is 5. The first-order chi connectivity index (χ1) is 13.6. The average molecular weight is 389 g/mol. The number of amides is 3. The summed E-state index contributed by atoms with van der Waals surface area (Å²) in [4.78, 5) is 26.7. The molecule has 1 atom stereocenters. The van der Waals surface area contributed by atoms with Crippen LogP contribution < -0.4 is 20.1 Å². The van der Waals surface area contributed by atoms with Crippen LogP contribution in [0, 0.1) is 0 Å². The van der Waals surface area contributed by atoms with Crippen LogP contribution in [0.1, 0.15) is 56.6 Å². The van der Waals surface area contributed by atoms with E-state index in [-0.39, 0.29) is 30.6 Å². The highest BCUT2D eigenvalue weighted by Gasteiger charge is 2.30. The maximum Gasteiger partial charge on any atom is 0.321 e. The first-order valence-corrected chi connectivity index (χ1v) is 10.2. The van der Waals surface area contributed by atoms with Crippen molar-refractivity contribution < 1.29 is 19.1 Å². The number of nitrogens with zero attached hydrogens (tertiary/aromatic N) is 1. The van der Waals surface area contributed by atoms with E-state index in [1.165, 1.54) is 6.42 Å². The number of ether oxygens (including phenoxy) is 2. The maximum absolute atomic E-state index is 12.4. The van der Waals surface area contributed by atoms with Gasteiger partial charge in [0.05, 0.1) is 20.8 Å². The molecule has 3 rings (SSSR count). The molecule has 7 heteroatoms. The molecule has 1 aliphatic carbocycles. The minimum absolute atomic E-state index is 0.0669. The topological polar surface area (TPSA) is 79.9 Å². The zero-order valence-corrected chi connectivity index (χ0v) is 16.8. The van der Waals surface area contributed by atoms with Crippen LogP contribution in [0.15, 0.2) is 18.2 Å². The van der Waals surface area contributed by atoms with Crippen molar-refractivity contribution in [2.24, 2.45) is 0 Å². The summed E-state index contributed by atoms with van der Waals surface area (Å²) in [5.41, 5.74) is 1.01. The van der Waals surface area contributed by atoms with Crippen molar-refractivity contribution in [2.75, 3.05) is 27.3 Å². The standard InChI is InChI=1S/C21H31N3O4/c1-27-16-10-11-19(28-2)17(13-16)18-9-6-12-24(18)14-20(25)23-21(26)22-15-7-4-3-5-8-15/h10-11,13,15,18H,3-9,12,14H2,1-2H3,(H2,22,23,25,26)/t18-/m0/s1. The molecule has 28 heavy (non-hydrogen) atoms. The average Bonchev–Trinajstić information content (AvgIpc) is 3.15. The van der Waals surface area contributed by atoms with Crippen molar-refractivity contribution in [1.82, 2.24) is 15.5 Å². The highest BCUT2D eigenvalue weighted by molar-refractivity contribution is 5.95. The molecule has 154 valence electrons. The predicted molar refractivity (Wildman–Crippen MR) is 107 cm³/mol. The Balaban J connectivity index is 1.58. The van der Waals surface area contributed by atoms with Crippen molar-refractivity contribution >= 4 is 11.9 Å². The van der Waals surface area contributed by atoms with Gasteiger partial charge in [-0.15, -0.1) is 0 Å². The fourth-order valence-corrected chi connectivity index (χ4v) is 4.29. The van der Waals surface area contributed by atoms with E-state index in [4.69, 9.17) is 9.47 Å². The van der Waals surface area contributed by atoms with Gasteiger partial charge in [-0.1, -0.05) is 19.3 Å². The second-order valence-electron chi connectivity index (χ2n) is 7.59. The number of rotatable bonds is 6. The molecule has 2 fully saturated rings. The van der Waals surface area contributed by atoms with E-state index in [1.807, 2.05) is 18.2 Å². The SMILES string of the molecule is COc1ccc(OC)c([C@@H]2CCCN2CC(=O)NC(=O)NC2CCCCC2)c1. The van der Waals surface area contributed by atoms with E-state index in [0.717, 1.165) is 62.1 Å². The van der Waals surface area contributed by atoms with Crippen LogP contribution in [0.25, 0.3) is 0 Å². The lowest BCUT2D eigenvalue weighted by Gasteiger charge is -2.26. The Labute approximate surface area is 166 Å². The maximum atomic E-state index is 12.4. The van der Waals surface area contributed by atoms with Gasteiger partial charge in [0.25, 0.3) is 0 Å². The summed E-state index contributed by atoms with van der Waals surface area (Å²) >= 11 is 0. The van der Waals surface area contributed by atoms with Crippen LogP contribution in [0.4, 0.5) is 4.79 Å². The molecule has 2 N–H and O–H groups in total. The largest absolute Gasteiger partial charge is 0.497 e. The molecule has 3 amide bonds. The summed E-state index contributed by atoms with van der Waals surface area (Å²) in [7, 11) is 3.28. The molecule has 0 unspecified atom stereocenters. The van der Waals surface area contributed by atoms with E-state index in [2.05, 4.69) is 15.5 Å². The van der Waals surface area contributed by atoms with Gasteiger partial charge in [0.1, 0.15) is 11.5 Å². The van der Waals surface area contributed by atoms with Gasteiger partial charge in [-0.05, 0) is 50.4 Å². The number of nitrogens with one attached hydrogen (secondary N) is 2. The Morgan fingerprint density at radius 2 is 1.86 bits per heavy atom. The Bertz CT molecular complexity index is 688. The van der Waals surface area contributed by atoms with Crippen LogP contribution in [0.5, 0.6) is 11.5 Å². The van der Waals surface area contributed by atoms with Crippen LogP contribution in [-0.4, -0.2) is 50.2 Å². The second kappa shape index (κ2) is 9.78. The molecule has 1 heterocycles. The lowest BCUT2D eigenvalue weighted by Crippen LogP contribution is -2.48. The third kappa shape index (κ3) is 5.16. The molecule has 1 aromatic rings. The Morgan fingerprint density at radius 1 is 1.07 bits per heavy atom. The number of methoxy groups -OCH3 is 2. The Morgan fingerprint density at radius 3 is 2.57 bits per heavy atom. The smallest absolute Gasteiger partial charge is 0.321 e. The summed E-state index contributed by atoms with van der Waals surface area (Å²) in [6.45, 7) is 0.992. The predicted octanol–water partition coefficient (Wildman–Crippen LogP) is 3.00. The number of likely N-dealkylation sites (tertiary alicyclic amines) is 1. The van der Waals surface area contributed by atoms with Crippen LogP contribution in [-0.2, 0) is 4.79 Å². The molecule has 1 saturated heterocycles. The van der Waals surface area contributed by atoms with Crippen molar-refractivity contribution in [2.45, 2.75) is 57.0 Å². The summed E-state index contributed by atoms with van der Waals surface area (Å²) in [5.74, 6) is 1.27. The summed E-state index contributed by atoms with van der Waals surface area (Å²) < 4.78 is 10.9. The zero-order chi connectivity index (χ0) is 19.9. The van der Waals surface area contributed by atoms with Gasteiger partial charge >= 0.3 is 6.03 Å². The minimum atomic E-state index is -0.383. The monoisotopic (exact) mass is 389 g/mol. The highest BCUT2D eigenvalue weighted by Crippen LogP contribution is 2.38. The van der Waals surface area contributed by atoms with Crippen molar-refractivity contribution in [3.05, 3.63) is 23.8 Å². The van der Waals surface area contributed by atoms with Gasteiger partial charge in [0, 0.05) is 17.6 Å². The van der Waals surface area contributed by atoms with Crippen molar-refractivity contribution in [3.8, 4) is 11.5 Å². The molecule has 1 saturated carbocycles. The van der Waals surface area contributed by atoms with E-state index in [9.17, 15) is 9.59 Å². The van der Waals surface area contributed by atoms with E-state index in [0.29, 0.717) is 0 Å². The molecule has 1 aromatic carbocycles. The van der Waals surface area contributed by atoms with Gasteiger partial charge in [0.15, 0.2) is 0 Å². The lowest BCUT2D eigenvalue weighted by atomic mass is 9.96. The van der Waals surface area contributed by atoms with Gasteiger partial charge in [-0.2, -0.15) is 0 Å². The van der Waals surface area contributed by atoms with E-state index >= 15 is 0 Å².